The van der Waals surface area contributed by atoms with Crippen molar-refractivity contribution in [3.63, 3.8) is 0 Å². The number of carbonyl (C=O) groups is 1. The summed E-state index contributed by atoms with van der Waals surface area (Å²) in [7, 11) is 0. The Morgan fingerprint density at radius 1 is 0.688 bits per heavy atom. The molecule has 1 N–H and O–H groups in total. The normalized spacial score (nSPS) is 12.6. The Morgan fingerprint density at radius 2 is 1.22 bits per heavy atom. The molecule has 1 heterocycles. The van der Waals surface area contributed by atoms with Crippen LogP contribution in [0.4, 0.5) is 17.1 Å². The molecule has 0 radical (unpaired) electrons. The molecule has 5 rings (SSSR count). The van der Waals surface area contributed by atoms with E-state index in [2.05, 4.69) is 4.90 Å². The second-order valence-corrected chi connectivity index (χ2v) is 7.49. The lowest BCUT2D eigenvalue weighted by Gasteiger charge is -2.25. The van der Waals surface area contributed by atoms with Crippen molar-refractivity contribution in [1.29, 1.82) is 0 Å². The summed E-state index contributed by atoms with van der Waals surface area (Å²) < 4.78 is 5.68. The fourth-order valence-electron chi connectivity index (χ4n) is 3.88. The topological polar surface area (TPSA) is 49.8 Å². The van der Waals surface area contributed by atoms with Crippen molar-refractivity contribution in [2.45, 2.75) is 0 Å². The number of benzene rings is 4. The molecular weight excluding hydrogens is 398 g/mol. The minimum atomic E-state index is -0.241. The van der Waals surface area contributed by atoms with Crippen LogP contribution in [-0.2, 0) is 0 Å². The number of aliphatic hydroxyl groups is 1. The minimum absolute atomic E-state index is 0.0175. The van der Waals surface area contributed by atoms with Crippen LogP contribution in [0.1, 0.15) is 15.9 Å². The number of ether oxygens (including phenoxy) is 1. The third kappa shape index (κ3) is 3.63. The second-order valence-electron chi connectivity index (χ2n) is 7.49. The van der Waals surface area contributed by atoms with Crippen molar-refractivity contribution in [3.05, 3.63) is 126 Å². The fourth-order valence-corrected chi connectivity index (χ4v) is 3.88. The first kappa shape index (κ1) is 19.6. The minimum Gasteiger partial charge on any atom is -0.507 e. The summed E-state index contributed by atoms with van der Waals surface area (Å²) in [5.41, 5.74) is 4.28. The van der Waals surface area contributed by atoms with Crippen LogP contribution in [0.3, 0.4) is 0 Å². The van der Waals surface area contributed by atoms with E-state index >= 15 is 0 Å². The molecule has 0 unspecified atom stereocenters. The summed E-state index contributed by atoms with van der Waals surface area (Å²) in [6.07, 6.45) is 0. The second kappa shape index (κ2) is 8.44. The van der Waals surface area contributed by atoms with E-state index in [1.807, 2.05) is 84.9 Å². The lowest BCUT2D eigenvalue weighted by molar-refractivity contribution is 0.101. The van der Waals surface area contributed by atoms with E-state index in [1.165, 1.54) is 0 Å². The Kier molecular flexibility index (Phi) is 5.18. The maximum absolute atomic E-state index is 13.1. The molecule has 4 aromatic carbocycles. The number of hydrogen-bond donors (Lipinski definition) is 1. The lowest BCUT2D eigenvalue weighted by atomic mass is 9.97. The molecule has 0 spiro atoms. The molecule has 32 heavy (non-hydrogen) atoms. The van der Waals surface area contributed by atoms with Crippen LogP contribution >= 0.6 is 0 Å². The Balaban J connectivity index is 1.49. The number of fused-ring (bicyclic) bond motifs is 1. The van der Waals surface area contributed by atoms with Gasteiger partial charge in [-0.05, 0) is 60.7 Å². The highest BCUT2D eigenvalue weighted by atomic mass is 16.5. The summed E-state index contributed by atoms with van der Waals surface area (Å²) in [5.74, 6) is 0.323. The van der Waals surface area contributed by atoms with Crippen LogP contribution in [0, 0.1) is 0 Å². The van der Waals surface area contributed by atoms with E-state index in [9.17, 15) is 9.90 Å². The predicted octanol–water partition coefficient (Wildman–Crippen LogP) is 6.70. The Labute approximate surface area is 186 Å². The SMILES string of the molecule is O=C(C1=C(O)c2ccccc2OC1)c1ccc(N(c2ccccc2)c2ccccc2)cc1. The van der Waals surface area contributed by atoms with E-state index in [0.717, 1.165) is 17.1 Å². The van der Waals surface area contributed by atoms with Gasteiger partial charge in [0.15, 0.2) is 5.78 Å². The van der Waals surface area contributed by atoms with Gasteiger partial charge in [-0.25, -0.2) is 0 Å². The molecule has 4 aromatic rings. The van der Waals surface area contributed by atoms with Crippen LogP contribution in [0.15, 0.2) is 115 Å². The molecule has 0 aliphatic carbocycles. The van der Waals surface area contributed by atoms with Crippen LogP contribution < -0.4 is 9.64 Å². The summed E-state index contributed by atoms with van der Waals surface area (Å²) in [4.78, 5) is 15.3. The molecule has 0 saturated heterocycles. The molecule has 0 saturated carbocycles. The summed E-state index contributed by atoms with van der Waals surface area (Å²) in [6, 6.07) is 34.7. The first-order valence-electron chi connectivity index (χ1n) is 10.4. The van der Waals surface area contributed by atoms with Gasteiger partial charge in [-0.1, -0.05) is 48.5 Å². The van der Waals surface area contributed by atoms with E-state index in [-0.39, 0.29) is 23.7 Å². The molecule has 4 nitrogen and oxygen atoms in total. The molecule has 0 bridgehead atoms. The van der Waals surface area contributed by atoms with Gasteiger partial charge in [0.1, 0.15) is 18.1 Å². The summed E-state index contributed by atoms with van der Waals surface area (Å²) >= 11 is 0. The Morgan fingerprint density at radius 3 is 1.84 bits per heavy atom. The number of para-hydroxylation sites is 3. The van der Waals surface area contributed by atoms with Crippen LogP contribution in [0.25, 0.3) is 5.76 Å². The van der Waals surface area contributed by atoms with Crippen molar-refractivity contribution >= 4 is 28.6 Å². The highest BCUT2D eigenvalue weighted by Crippen LogP contribution is 2.35. The smallest absolute Gasteiger partial charge is 0.196 e. The first-order valence-corrected chi connectivity index (χ1v) is 10.4. The van der Waals surface area contributed by atoms with Crippen molar-refractivity contribution in [2.75, 3.05) is 11.5 Å². The number of anilines is 3. The van der Waals surface area contributed by atoms with E-state index in [0.29, 0.717) is 16.9 Å². The van der Waals surface area contributed by atoms with Gasteiger partial charge in [-0.2, -0.15) is 0 Å². The van der Waals surface area contributed by atoms with E-state index < -0.39 is 0 Å². The number of carbonyl (C=O) groups excluding carboxylic acids is 1. The maximum atomic E-state index is 13.1. The largest absolute Gasteiger partial charge is 0.507 e. The van der Waals surface area contributed by atoms with Crippen LogP contribution in [-0.4, -0.2) is 17.5 Å². The number of nitrogens with zero attached hydrogens (tertiary/aromatic N) is 1. The molecule has 4 heteroatoms. The number of Topliss-reactive ketones (excluding diaryl/α,β-unsaturated/α-hetero) is 1. The third-order valence-electron chi connectivity index (χ3n) is 5.49. The molecule has 1 aliphatic heterocycles. The maximum Gasteiger partial charge on any atom is 0.196 e. The van der Waals surface area contributed by atoms with Crippen molar-refractivity contribution in [2.24, 2.45) is 0 Å². The molecule has 156 valence electrons. The van der Waals surface area contributed by atoms with Gasteiger partial charge in [0.25, 0.3) is 0 Å². The van der Waals surface area contributed by atoms with Gasteiger partial charge in [0.05, 0.1) is 11.1 Å². The molecule has 0 aromatic heterocycles. The van der Waals surface area contributed by atoms with Crippen LogP contribution in [0.5, 0.6) is 5.75 Å². The number of ketones is 1. The molecular formula is C28H21NO3. The number of rotatable bonds is 5. The molecule has 1 aliphatic rings. The molecule has 0 atom stereocenters. The van der Waals surface area contributed by atoms with Gasteiger partial charge in [-0.15, -0.1) is 0 Å². The zero-order valence-corrected chi connectivity index (χ0v) is 17.3. The zero-order valence-electron chi connectivity index (χ0n) is 17.3. The van der Waals surface area contributed by atoms with Gasteiger partial charge >= 0.3 is 0 Å². The lowest BCUT2D eigenvalue weighted by Crippen LogP contribution is -2.18. The Hall–Kier alpha value is -4.31. The average molecular weight is 419 g/mol. The summed E-state index contributed by atoms with van der Waals surface area (Å²) in [5, 5.41) is 10.7. The van der Waals surface area contributed by atoms with E-state index in [4.69, 9.17) is 4.74 Å². The fraction of sp³-hybridized carbons (Fsp3) is 0.0357. The summed E-state index contributed by atoms with van der Waals surface area (Å²) in [6.45, 7) is 0.0452. The number of hydrogen-bond acceptors (Lipinski definition) is 4. The standard InChI is InChI=1S/C28H21NO3/c30-27(25-19-32-26-14-8-7-13-24(26)28(25)31)20-15-17-23(18-16-20)29(21-9-3-1-4-10-21)22-11-5-2-6-12-22/h1-18,31H,19H2. The quantitative estimate of drug-likeness (QED) is 0.366. The van der Waals surface area contributed by atoms with E-state index in [1.54, 1.807) is 24.3 Å². The van der Waals surface area contributed by atoms with Crippen LogP contribution in [0.2, 0.25) is 0 Å². The monoisotopic (exact) mass is 419 g/mol. The number of aliphatic hydroxyl groups excluding tert-OH is 1. The van der Waals surface area contributed by atoms with Crippen molar-refractivity contribution in [3.8, 4) is 5.75 Å². The van der Waals surface area contributed by atoms with Gasteiger partial charge in [0, 0.05) is 22.6 Å². The zero-order chi connectivity index (χ0) is 21.9. The van der Waals surface area contributed by atoms with Crippen molar-refractivity contribution in [1.82, 2.24) is 0 Å². The first-order chi connectivity index (χ1) is 15.7. The predicted molar refractivity (Wildman–Crippen MR) is 127 cm³/mol. The highest BCUT2D eigenvalue weighted by molar-refractivity contribution is 6.13. The van der Waals surface area contributed by atoms with Gasteiger partial charge in [0.2, 0.25) is 0 Å². The third-order valence-corrected chi connectivity index (χ3v) is 5.49. The highest BCUT2D eigenvalue weighted by Gasteiger charge is 2.25. The van der Waals surface area contributed by atoms with Crippen molar-refractivity contribution < 1.29 is 14.6 Å². The molecule has 0 amide bonds. The molecule has 0 fully saturated rings. The average Bonchev–Trinajstić information content (AvgIpc) is 2.86. The van der Waals surface area contributed by atoms with Gasteiger partial charge < -0.3 is 14.7 Å². The Bertz CT molecular complexity index is 1240. The van der Waals surface area contributed by atoms with Gasteiger partial charge in [-0.3, -0.25) is 4.79 Å².